The standard InChI is InChI=1S/C26H27N5O/c1-29-17-19-14-21(9-10-24(19)28-29)31(20-7-8-20)26(32)23-5-2-6-25-22(23)11-13-30(25)16-18-4-3-12-27-15-18/h2-6,11-13,15,17,20-21H,7-10,14,16H2,1H3. The summed E-state index contributed by atoms with van der Waals surface area (Å²) in [7, 11) is 1.98. The van der Waals surface area contributed by atoms with Gasteiger partial charge in [0.25, 0.3) is 5.91 Å². The van der Waals surface area contributed by atoms with Gasteiger partial charge in [0, 0.05) is 66.9 Å². The number of hydrogen-bond acceptors (Lipinski definition) is 3. The summed E-state index contributed by atoms with van der Waals surface area (Å²) in [5, 5.41) is 5.62. The van der Waals surface area contributed by atoms with E-state index in [9.17, 15) is 4.79 Å². The van der Waals surface area contributed by atoms with Gasteiger partial charge in [0.15, 0.2) is 0 Å². The van der Waals surface area contributed by atoms with Gasteiger partial charge in [-0.25, -0.2) is 0 Å². The van der Waals surface area contributed by atoms with E-state index in [1.54, 1.807) is 6.20 Å². The van der Waals surface area contributed by atoms with Crippen molar-refractivity contribution in [2.75, 3.05) is 0 Å². The van der Waals surface area contributed by atoms with Crippen LogP contribution in [0.5, 0.6) is 0 Å². The van der Waals surface area contributed by atoms with E-state index < -0.39 is 0 Å². The number of benzene rings is 1. The lowest BCUT2D eigenvalue weighted by Crippen LogP contribution is -2.44. The summed E-state index contributed by atoms with van der Waals surface area (Å²) in [6.07, 6.45) is 13.0. The van der Waals surface area contributed by atoms with Gasteiger partial charge in [-0.1, -0.05) is 12.1 Å². The van der Waals surface area contributed by atoms with Crippen LogP contribution in [0.2, 0.25) is 0 Å². The maximum Gasteiger partial charge on any atom is 0.255 e. The molecule has 4 aromatic rings. The maximum atomic E-state index is 13.9. The third kappa shape index (κ3) is 3.40. The van der Waals surface area contributed by atoms with Gasteiger partial charge in [-0.3, -0.25) is 14.5 Å². The van der Waals surface area contributed by atoms with Crippen LogP contribution in [-0.2, 0) is 26.4 Å². The van der Waals surface area contributed by atoms with Gasteiger partial charge in [0.1, 0.15) is 0 Å². The van der Waals surface area contributed by atoms with Gasteiger partial charge in [0.05, 0.1) is 5.69 Å². The molecule has 2 aliphatic carbocycles. The molecule has 0 saturated heterocycles. The second-order valence-electron chi connectivity index (χ2n) is 9.16. The predicted octanol–water partition coefficient (Wildman–Crippen LogP) is 3.98. The van der Waals surface area contributed by atoms with E-state index in [0.29, 0.717) is 6.04 Å². The number of nitrogens with zero attached hydrogens (tertiary/aromatic N) is 5. The van der Waals surface area contributed by atoms with Crippen molar-refractivity contribution >= 4 is 16.8 Å². The molecule has 1 saturated carbocycles. The summed E-state index contributed by atoms with van der Waals surface area (Å²) in [6, 6.07) is 12.9. The smallest absolute Gasteiger partial charge is 0.255 e. The van der Waals surface area contributed by atoms with Crippen molar-refractivity contribution in [1.29, 1.82) is 0 Å². The third-order valence-electron chi connectivity index (χ3n) is 6.85. The third-order valence-corrected chi connectivity index (χ3v) is 6.85. The number of rotatable bonds is 5. The first-order chi connectivity index (χ1) is 15.7. The van der Waals surface area contributed by atoms with E-state index in [1.165, 1.54) is 11.3 Å². The van der Waals surface area contributed by atoms with Crippen molar-refractivity contribution in [3.05, 3.63) is 83.6 Å². The zero-order valence-electron chi connectivity index (χ0n) is 18.3. The van der Waals surface area contributed by atoms with Crippen molar-refractivity contribution < 1.29 is 4.79 Å². The Bertz CT molecular complexity index is 1280. The molecule has 1 atom stereocenters. The van der Waals surface area contributed by atoms with Gasteiger partial charge in [-0.15, -0.1) is 0 Å². The summed E-state index contributed by atoms with van der Waals surface area (Å²) in [5.41, 5.74) is 5.55. The van der Waals surface area contributed by atoms with Crippen LogP contribution < -0.4 is 0 Å². The Labute approximate surface area is 187 Å². The van der Waals surface area contributed by atoms with Crippen molar-refractivity contribution in [3.8, 4) is 0 Å². The molecule has 1 unspecified atom stereocenters. The van der Waals surface area contributed by atoms with Crippen molar-refractivity contribution in [1.82, 2.24) is 24.2 Å². The van der Waals surface area contributed by atoms with Crippen LogP contribution in [-0.4, -0.2) is 42.2 Å². The molecule has 0 spiro atoms. The Balaban J connectivity index is 1.32. The topological polar surface area (TPSA) is 56.0 Å². The first-order valence-corrected chi connectivity index (χ1v) is 11.5. The summed E-state index contributed by atoms with van der Waals surface area (Å²) in [5.74, 6) is 0.176. The second-order valence-corrected chi connectivity index (χ2v) is 9.16. The van der Waals surface area contributed by atoms with E-state index in [1.807, 2.05) is 36.1 Å². The molecule has 1 aromatic carbocycles. The predicted molar refractivity (Wildman–Crippen MR) is 123 cm³/mol. The fourth-order valence-electron chi connectivity index (χ4n) is 5.22. The fourth-order valence-corrected chi connectivity index (χ4v) is 5.22. The Kier molecular flexibility index (Phi) is 4.59. The second kappa shape index (κ2) is 7.62. The quantitative estimate of drug-likeness (QED) is 0.486. The lowest BCUT2D eigenvalue weighted by atomic mass is 9.91. The number of hydrogen-bond donors (Lipinski definition) is 0. The van der Waals surface area contributed by atoms with E-state index in [4.69, 9.17) is 0 Å². The van der Waals surface area contributed by atoms with Crippen LogP contribution in [0, 0.1) is 0 Å². The van der Waals surface area contributed by atoms with Crippen LogP contribution in [0.3, 0.4) is 0 Å². The normalized spacial score (nSPS) is 18.0. The molecule has 0 bridgehead atoms. The van der Waals surface area contributed by atoms with E-state index in [2.05, 4.69) is 50.1 Å². The van der Waals surface area contributed by atoms with Crippen LogP contribution in [0.1, 0.15) is 46.4 Å². The average molecular weight is 426 g/mol. The highest BCUT2D eigenvalue weighted by atomic mass is 16.2. The number of pyridine rings is 1. The molecule has 2 aliphatic rings. The molecule has 3 aromatic heterocycles. The first kappa shape index (κ1) is 19.3. The highest BCUT2D eigenvalue weighted by Gasteiger charge is 2.39. The van der Waals surface area contributed by atoms with Gasteiger partial charge in [-0.2, -0.15) is 5.10 Å². The molecule has 1 amide bonds. The Morgan fingerprint density at radius 2 is 2.03 bits per heavy atom. The van der Waals surface area contributed by atoms with E-state index in [-0.39, 0.29) is 11.9 Å². The van der Waals surface area contributed by atoms with Crippen LogP contribution in [0.15, 0.2) is 61.2 Å². The zero-order chi connectivity index (χ0) is 21.7. The van der Waals surface area contributed by atoms with E-state index >= 15 is 0 Å². The molecule has 162 valence electrons. The van der Waals surface area contributed by atoms with Crippen LogP contribution >= 0.6 is 0 Å². The zero-order valence-corrected chi connectivity index (χ0v) is 18.3. The van der Waals surface area contributed by atoms with Crippen molar-refractivity contribution in [2.45, 2.75) is 50.7 Å². The molecule has 0 radical (unpaired) electrons. The average Bonchev–Trinajstić information content (AvgIpc) is 3.44. The fraction of sp³-hybridized carbons (Fsp3) is 0.346. The number of carbonyl (C=O) groups excluding carboxylic acids is 1. The summed E-state index contributed by atoms with van der Waals surface area (Å²) in [4.78, 5) is 20.3. The molecule has 3 heterocycles. The largest absolute Gasteiger partial charge is 0.343 e. The molecule has 0 aliphatic heterocycles. The molecule has 0 N–H and O–H groups in total. The number of fused-ring (bicyclic) bond motifs is 2. The SMILES string of the molecule is Cn1cc2c(n1)CCC(N(C(=O)c1cccc3c1ccn3Cc1cccnc1)C1CC1)C2. The Morgan fingerprint density at radius 3 is 2.84 bits per heavy atom. The van der Waals surface area contributed by atoms with E-state index in [0.717, 1.165) is 60.7 Å². The van der Waals surface area contributed by atoms with Crippen LogP contribution in [0.4, 0.5) is 0 Å². The summed E-state index contributed by atoms with van der Waals surface area (Å²) < 4.78 is 4.11. The Hall–Kier alpha value is -3.41. The molecule has 6 rings (SSSR count). The lowest BCUT2D eigenvalue weighted by molar-refractivity contribution is 0.0645. The molecule has 6 nitrogen and oxygen atoms in total. The highest BCUT2D eigenvalue weighted by Crippen LogP contribution is 2.36. The molecule has 32 heavy (non-hydrogen) atoms. The molecular weight excluding hydrogens is 398 g/mol. The monoisotopic (exact) mass is 425 g/mol. The molecular formula is C26H27N5O. The highest BCUT2D eigenvalue weighted by molar-refractivity contribution is 6.07. The first-order valence-electron chi connectivity index (χ1n) is 11.5. The van der Waals surface area contributed by atoms with Crippen LogP contribution in [0.25, 0.3) is 10.9 Å². The lowest BCUT2D eigenvalue weighted by Gasteiger charge is -2.34. The minimum Gasteiger partial charge on any atom is -0.343 e. The maximum absolute atomic E-state index is 13.9. The van der Waals surface area contributed by atoms with Gasteiger partial charge in [-0.05, 0) is 67.5 Å². The number of amides is 1. The molecule has 6 heteroatoms. The Morgan fingerprint density at radius 1 is 1.12 bits per heavy atom. The van der Waals surface area contributed by atoms with Gasteiger partial charge >= 0.3 is 0 Å². The van der Waals surface area contributed by atoms with Gasteiger partial charge < -0.3 is 9.47 Å². The molecule has 1 fully saturated rings. The summed E-state index contributed by atoms with van der Waals surface area (Å²) in [6.45, 7) is 0.744. The number of aromatic nitrogens is 4. The number of aryl methyl sites for hydroxylation is 2. The van der Waals surface area contributed by atoms with Crippen molar-refractivity contribution in [2.24, 2.45) is 7.05 Å². The van der Waals surface area contributed by atoms with Crippen molar-refractivity contribution in [3.63, 3.8) is 0 Å². The minimum atomic E-state index is 0.176. The number of carbonyl (C=O) groups is 1. The van der Waals surface area contributed by atoms with Gasteiger partial charge in [0.2, 0.25) is 0 Å². The summed E-state index contributed by atoms with van der Waals surface area (Å²) >= 11 is 0. The minimum absolute atomic E-state index is 0.176.